The number of hydrogen-bond donors (Lipinski definition) is 0. The van der Waals surface area contributed by atoms with E-state index in [1.807, 2.05) is 24.3 Å². The van der Waals surface area contributed by atoms with E-state index in [9.17, 15) is 0 Å². The van der Waals surface area contributed by atoms with Crippen LogP contribution in [-0.2, 0) is 0 Å². The molecule has 0 saturated carbocycles. The predicted molar refractivity (Wildman–Crippen MR) is 50.4 cm³/mol. The van der Waals surface area contributed by atoms with Crippen LogP contribution in [0.2, 0.25) is 0 Å². The first-order chi connectivity index (χ1) is 6.43. The Balaban J connectivity index is 2.57. The highest BCUT2D eigenvalue weighted by molar-refractivity contribution is 5.94. The molecule has 3 heteroatoms. The number of hydrogen-bond acceptors (Lipinski definition) is 2. The number of aromatic nitrogens is 3. The van der Waals surface area contributed by atoms with Crippen LogP contribution >= 0.6 is 0 Å². The maximum Gasteiger partial charge on any atom is 0.0671 e. The molecule has 0 unspecified atom stereocenters. The summed E-state index contributed by atoms with van der Waals surface area (Å²) in [4.78, 5) is 0. The van der Waals surface area contributed by atoms with E-state index in [2.05, 4.69) is 27.5 Å². The third-order valence-electron chi connectivity index (χ3n) is 2.15. The third kappa shape index (κ3) is 0.902. The van der Waals surface area contributed by atoms with E-state index in [-0.39, 0.29) is 0 Å². The van der Waals surface area contributed by atoms with Gasteiger partial charge in [-0.15, -0.1) is 0 Å². The zero-order valence-electron chi connectivity index (χ0n) is 6.81. The second kappa shape index (κ2) is 2.29. The molecule has 1 heterocycles. The molecule has 0 spiro atoms. The van der Waals surface area contributed by atoms with Crippen LogP contribution in [0.25, 0.3) is 21.8 Å². The SMILES string of the molecule is c1ccc2cc3n[n-]nc3cc2c1. The summed E-state index contributed by atoms with van der Waals surface area (Å²) in [7, 11) is 0. The Labute approximate surface area is 74.4 Å². The van der Waals surface area contributed by atoms with Crippen LogP contribution in [-0.4, -0.2) is 10.2 Å². The minimum absolute atomic E-state index is 0.860. The van der Waals surface area contributed by atoms with Crippen molar-refractivity contribution in [1.29, 1.82) is 0 Å². The van der Waals surface area contributed by atoms with Gasteiger partial charge in [0.05, 0.1) is 11.0 Å². The normalized spacial score (nSPS) is 11.1. The minimum Gasteiger partial charge on any atom is -0.492 e. The van der Waals surface area contributed by atoms with Gasteiger partial charge in [0, 0.05) is 0 Å². The average molecular weight is 168 g/mol. The van der Waals surface area contributed by atoms with Crippen LogP contribution in [0.5, 0.6) is 0 Å². The Bertz CT molecular complexity index is 519. The molecular weight excluding hydrogens is 162 g/mol. The summed E-state index contributed by atoms with van der Waals surface area (Å²) < 4.78 is 0. The second-order valence-corrected chi connectivity index (χ2v) is 2.98. The Kier molecular flexibility index (Phi) is 1.16. The van der Waals surface area contributed by atoms with Gasteiger partial charge in [0.25, 0.3) is 0 Å². The van der Waals surface area contributed by atoms with Crippen molar-refractivity contribution < 1.29 is 0 Å². The molecule has 0 fully saturated rings. The zero-order chi connectivity index (χ0) is 8.67. The fourth-order valence-electron chi connectivity index (χ4n) is 1.50. The van der Waals surface area contributed by atoms with E-state index in [4.69, 9.17) is 0 Å². The molecule has 0 atom stereocenters. The monoisotopic (exact) mass is 168 g/mol. The van der Waals surface area contributed by atoms with Crippen LogP contribution < -0.4 is 5.21 Å². The van der Waals surface area contributed by atoms with E-state index in [1.54, 1.807) is 0 Å². The highest BCUT2D eigenvalue weighted by Crippen LogP contribution is 2.18. The predicted octanol–water partition coefficient (Wildman–Crippen LogP) is 1.74. The van der Waals surface area contributed by atoms with Crippen molar-refractivity contribution in [3.8, 4) is 0 Å². The Morgan fingerprint density at radius 3 is 1.92 bits per heavy atom. The van der Waals surface area contributed by atoms with E-state index >= 15 is 0 Å². The van der Waals surface area contributed by atoms with E-state index < -0.39 is 0 Å². The Morgan fingerprint density at radius 2 is 1.38 bits per heavy atom. The summed E-state index contributed by atoms with van der Waals surface area (Å²) in [6.45, 7) is 0. The molecule has 0 aliphatic carbocycles. The van der Waals surface area contributed by atoms with Crippen molar-refractivity contribution in [2.45, 2.75) is 0 Å². The summed E-state index contributed by atoms with van der Waals surface area (Å²) >= 11 is 0. The molecule has 0 N–H and O–H groups in total. The molecule has 0 radical (unpaired) electrons. The van der Waals surface area contributed by atoms with Crippen LogP contribution in [0.1, 0.15) is 0 Å². The molecule has 3 rings (SSSR count). The van der Waals surface area contributed by atoms with Crippen LogP contribution in [0.15, 0.2) is 36.4 Å². The number of nitrogens with zero attached hydrogens (tertiary/aromatic N) is 3. The third-order valence-corrected chi connectivity index (χ3v) is 2.15. The fourth-order valence-corrected chi connectivity index (χ4v) is 1.50. The summed E-state index contributed by atoms with van der Waals surface area (Å²) in [6, 6.07) is 12.2. The van der Waals surface area contributed by atoms with Gasteiger partial charge < -0.3 is 15.4 Å². The second-order valence-electron chi connectivity index (χ2n) is 2.98. The van der Waals surface area contributed by atoms with Crippen molar-refractivity contribution in [1.82, 2.24) is 15.4 Å². The first kappa shape index (κ1) is 6.60. The van der Waals surface area contributed by atoms with Gasteiger partial charge in [-0.2, -0.15) is 0 Å². The molecular formula is C10H6N3-. The molecule has 2 aromatic carbocycles. The van der Waals surface area contributed by atoms with Gasteiger partial charge in [0.2, 0.25) is 0 Å². The Hall–Kier alpha value is -1.90. The molecule has 0 amide bonds. The fraction of sp³-hybridized carbons (Fsp3) is 0. The lowest BCUT2D eigenvalue weighted by Crippen LogP contribution is -1.73. The maximum atomic E-state index is 3.91. The number of fused-ring (bicyclic) bond motifs is 2. The maximum absolute atomic E-state index is 3.91. The molecule has 0 aliphatic heterocycles. The quantitative estimate of drug-likeness (QED) is 0.513. The molecule has 3 aromatic rings. The topological polar surface area (TPSA) is 39.9 Å². The van der Waals surface area contributed by atoms with Crippen molar-refractivity contribution in [3.63, 3.8) is 0 Å². The largest absolute Gasteiger partial charge is 0.492 e. The number of benzene rings is 2. The molecule has 0 saturated heterocycles. The smallest absolute Gasteiger partial charge is 0.0671 e. The van der Waals surface area contributed by atoms with Gasteiger partial charge in [-0.25, -0.2) is 0 Å². The molecule has 3 nitrogen and oxygen atoms in total. The highest BCUT2D eigenvalue weighted by Gasteiger charge is 1.95. The van der Waals surface area contributed by atoms with Gasteiger partial charge in [-0.3, -0.25) is 0 Å². The molecule has 62 valence electrons. The van der Waals surface area contributed by atoms with Crippen molar-refractivity contribution in [2.75, 3.05) is 0 Å². The lowest BCUT2D eigenvalue weighted by atomic mass is 10.1. The summed E-state index contributed by atoms with van der Waals surface area (Å²) in [5.41, 5.74) is 1.72. The van der Waals surface area contributed by atoms with Crippen LogP contribution in [0.4, 0.5) is 0 Å². The Morgan fingerprint density at radius 1 is 0.846 bits per heavy atom. The summed E-state index contributed by atoms with van der Waals surface area (Å²) in [5.74, 6) is 0. The lowest BCUT2D eigenvalue weighted by molar-refractivity contribution is 0.928. The van der Waals surface area contributed by atoms with Gasteiger partial charge >= 0.3 is 0 Å². The summed E-state index contributed by atoms with van der Waals surface area (Å²) in [5, 5.41) is 13.8. The van der Waals surface area contributed by atoms with Gasteiger partial charge in [0.1, 0.15) is 0 Å². The standard InChI is InChI=1S/C10H6N3/c1-2-4-8-6-10-9(11-13-12-10)5-7(8)3-1/h1-6H/q-1. The van der Waals surface area contributed by atoms with E-state index in [1.165, 1.54) is 10.8 Å². The summed E-state index contributed by atoms with van der Waals surface area (Å²) in [6.07, 6.45) is 0. The lowest BCUT2D eigenvalue weighted by Gasteiger charge is -1.96. The van der Waals surface area contributed by atoms with Crippen LogP contribution in [0.3, 0.4) is 0 Å². The molecule has 13 heavy (non-hydrogen) atoms. The number of rotatable bonds is 0. The molecule has 0 aliphatic rings. The zero-order valence-corrected chi connectivity index (χ0v) is 6.81. The van der Waals surface area contributed by atoms with Crippen LogP contribution in [0, 0.1) is 0 Å². The average Bonchev–Trinajstić information content (AvgIpc) is 2.61. The van der Waals surface area contributed by atoms with Crippen molar-refractivity contribution in [3.05, 3.63) is 36.4 Å². The van der Waals surface area contributed by atoms with E-state index in [0.29, 0.717) is 0 Å². The molecule has 0 bridgehead atoms. The first-order valence-corrected chi connectivity index (χ1v) is 4.08. The first-order valence-electron chi connectivity index (χ1n) is 4.08. The van der Waals surface area contributed by atoms with Gasteiger partial charge in [-0.05, 0) is 22.9 Å². The van der Waals surface area contributed by atoms with Gasteiger partial charge in [0.15, 0.2) is 0 Å². The van der Waals surface area contributed by atoms with Crippen molar-refractivity contribution >= 4 is 21.8 Å². The minimum atomic E-state index is 0.860. The van der Waals surface area contributed by atoms with Gasteiger partial charge in [-0.1, -0.05) is 24.3 Å². The van der Waals surface area contributed by atoms with E-state index in [0.717, 1.165) is 11.0 Å². The highest BCUT2D eigenvalue weighted by atomic mass is 15.3. The van der Waals surface area contributed by atoms with Crippen molar-refractivity contribution in [2.24, 2.45) is 0 Å². The molecule has 1 aromatic heterocycles.